The molecule has 1 unspecified atom stereocenters. The number of aromatic amines is 1. The van der Waals surface area contributed by atoms with Crippen molar-refractivity contribution in [2.24, 2.45) is 10.7 Å². The summed E-state index contributed by atoms with van der Waals surface area (Å²) in [6.45, 7) is 4.33. The van der Waals surface area contributed by atoms with Gasteiger partial charge in [-0.3, -0.25) is 9.98 Å². The Morgan fingerprint density at radius 2 is 2.07 bits per heavy atom. The monoisotopic (exact) mass is 455 g/mol. The van der Waals surface area contributed by atoms with E-state index < -0.39 is 0 Å². The lowest BCUT2D eigenvalue weighted by Gasteiger charge is -2.24. The van der Waals surface area contributed by atoms with Crippen molar-refractivity contribution in [3.8, 4) is 0 Å². The van der Waals surface area contributed by atoms with Gasteiger partial charge in [0.25, 0.3) is 0 Å². The highest BCUT2D eigenvalue weighted by Crippen LogP contribution is 2.18. The standard InChI is InChI=1S/C21H26BrN7/c1-16(20-13-25-15-27-20)28-21(23)26-10-3-11-29(19-4-2-9-24-12-19)14-17-5-7-18(22)8-6-17/h2,4-9,12-13,15-16H,3,10-11,14H2,1H3,(H,25,27)(H3,23,26,28). The van der Waals surface area contributed by atoms with Crippen LogP contribution in [0, 0.1) is 0 Å². The van der Waals surface area contributed by atoms with Crippen LogP contribution < -0.4 is 16.0 Å². The van der Waals surface area contributed by atoms with Crippen molar-refractivity contribution in [2.45, 2.75) is 25.9 Å². The molecule has 3 rings (SSSR count). The minimum atomic E-state index is 0.0329. The van der Waals surface area contributed by atoms with Crippen LogP contribution in [0.3, 0.4) is 0 Å². The molecule has 29 heavy (non-hydrogen) atoms. The van der Waals surface area contributed by atoms with E-state index in [0.29, 0.717) is 12.5 Å². The van der Waals surface area contributed by atoms with Gasteiger partial charge in [-0.25, -0.2) is 4.98 Å². The third kappa shape index (κ3) is 6.60. The average Bonchev–Trinajstić information content (AvgIpc) is 3.27. The van der Waals surface area contributed by atoms with Gasteiger partial charge >= 0.3 is 0 Å². The van der Waals surface area contributed by atoms with E-state index in [1.165, 1.54) is 5.56 Å². The molecule has 0 bridgehead atoms. The van der Waals surface area contributed by atoms with Gasteiger partial charge in [0, 0.05) is 30.3 Å². The Morgan fingerprint density at radius 3 is 2.76 bits per heavy atom. The largest absolute Gasteiger partial charge is 0.370 e. The Hall–Kier alpha value is -2.87. The molecule has 0 aliphatic carbocycles. The summed E-state index contributed by atoms with van der Waals surface area (Å²) >= 11 is 3.49. The number of hydrogen-bond donors (Lipinski definition) is 3. The topological polar surface area (TPSA) is 95.2 Å². The van der Waals surface area contributed by atoms with E-state index in [-0.39, 0.29) is 6.04 Å². The van der Waals surface area contributed by atoms with Crippen molar-refractivity contribution in [1.82, 2.24) is 20.3 Å². The second kappa shape index (κ2) is 10.6. The van der Waals surface area contributed by atoms with Crippen LogP contribution in [0.5, 0.6) is 0 Å². The summed E-state index contributed by atoms with van der Waals surface area (Å²) in [7, 11) is 0. The molecule has 0 aliphatic rings. The normalized spacial score (nSPS) is 12.6. The Labute approximate surface area is 179 Å². The summed E-state index contributed by atoms with van der Waals surface area (Å²) in [5, 5.41) is 3.18. The number of nitrogens with zero attached hydrogens (tertiary/aromatic N) is 4. The van der Waals surface area contributed by atoms with Gasteiger partial charge in [-0.2, -0.15) is 0 Å². The van der Waals surface area contributed by atoms with Crippen molar-refractivity contribution >= 4 is 27.6 Å². The van der Waals surface area contributed by atoms with Crippen LogP contribution >= 0.6 is 15.9 Å². The molecule has 2 heterocycles. The Bertz CT molecular complexity index is 879. The number of nitrogens with two attached hydrogens (primary N) is 1. The van der Waals surface area contributed by atoms with E-state index in [4.69, 9.17) is 5.73 Å². The number of H-pyrrole nitrogens is 1. The summed E-state index contributed by atoms with van der Waals surface area (Å²) in [6.07, 6.45) is 7.99. The molecule has 4 N–H and O–H groups in total. The first-order chi connectivity index (χ1) is 14.1. The summed E-state index contributed by atoms with van der Waals surface area (Å²) in [5.74, 6) is 0.438. The van der Waals surface area contributed by atoms with E-state index in [1.54, 1.807) is 18.7 Å². The molecule has 1 aromatic carbocycles. The van der Waals surface area contributed by atoms with Gasteiger partial charge in [0.2, 0.25) is 0 Å². The lowest BCUT2D eigenvalue weighted by molar-refractivity contribution is 0.683. The predicted octanol–water partition coefficient (Wildman–Crippen LogP) is 3.63. The summed E-state index contributed by atoms with van der Waals surface area (Å²) < 4.78 is 1.08. The Morgan fingerprint density at radius 1 is 1.24 bits per heavy atom. The quantitative estimate of drug-likeness (QED) is 0.260. The molecular weight excluding hydrogens is 430 g/mol. The first-order valence-corrected chi connectivity index (χ1v) is 10.4. The van der Waals surface area contributed by atoms with E-state index in [1.807, 2.05) is 19.2 Å². The molecule has 0 aliphatic heterocycles. The summed E-state index contributed by atoms with van der Waals surface area (Å²) in [6, 6.07) is 12.5. The van der Waals surface area contributed by atoms with Crippen LogP contribution in [0.2, 0.25) is 0 Å². The van der Waals surface area contributed by atoms with E-state index in [0.717, 1.165) is 35.4 Å². The van der Waals surface area contributed by atoms with Crippen LogP contribution in [0.25, 0.3) is 0 Å². The molecule has 0 radical (unpaired) electrons. The van der Waals surface area contributed by atoms with Crippen molar-refractivity contribution in [1.29, 1.82) is 0 Å². The van der Waals surface area contributed by atoms with Gasteiger partial charge in [0.05, 0.1) is 36.1 Å². The van der Waals surface area contributed by atoms with Crippen LogP contribution in [0.4, 0.5) is 5.69 Å². The van der Waals surface area contributed by atoms with Crippen LogP contribution in [-0.2, 0) is 6.54 Å². The second-order valence-corrected chi connectivity index (χ2v) is 7.67. The minimum Gasteiger partial charge on any atom is -0.370 e. The number of imidazole rings is 1. The summed E-state index contributed by atoms with van der Waals surface area (Å²) in [4.78, 5) is 18.1. The number of benzene rings is 1. The van der Waals surface area contributed by atoms with E-state index in [9.17, 15) is 0 Å². The molecule has 0 fully saturated rings. The molecule has 3 aromatic rings. The predicted molar refractivity (Wildman–Crippen MR) is 121 cm³/mol. The van der Waals surface area contributed by atoms with Gasteiger partial charge < -0.3 is 20.9 Å². The van der Waals surface area contributed by atoms with Crippen molar-refractivity contribution < 1.29 is 0 Å². The second-order valence-electron chi connectivity index (χ2n) is 6.75. The number of nitrogens with one attached hydrogen (secondary N) is 2. The highest BCUT2D eigenvalue weighted by molar-refractivity contribution is 9.10. The maximum Gasteiger partial charge on any atom is 0.189 e. The molecule has 8 heteroatoms. The number of anilines is 1. The third-order valence-electron chi connectivity index (χ3n) is 4.52. The van der Waals surface area contributed by atoms with E-state index in [2.05, 4.69) is 76.4 Å². The number of pyridine rings is 1. The van der Waals surface area contributed by atoms with Gasteiger partial charge in [-0.1, -0.05) is 28.1 Å². The first-order valence-electron chi connectivity index (χ1n) is 9.56. The fraction of sp³-hybridized carbons (Fsp3) is 0.286. The van der Waals surface area contributed by atoms with Crippen molar-refractivity contribution in [2.75, 3.05) is 18.0 Å². The lowest BCUT2D eigenvalue weighted by atomic mass is 10.2. The lowest BCUT2D eigenvalue weighted by Crippen LogP contribution is -2.34. The number of aromatic nitrogens is 3. The third-order valence-corrected chi connectivity index (χ3v) is 5.04. The maximum atomic E-state index is 6.02. The van der Waals surface area contributed by atoms with Crippen molar-refractivity contribution in [3.05, 3.63) is 77.0 Å². The molecule has 7 nitrogen and oxygen atoms in total. The molecule has 152 valence electrons. The minimum absolute atomic E-state index is 0.0329. The number of halogens is 1. The number of aliphatic imine (C=N–C) groups is 1. The number of guanidine groups is 1. The average molecular weight is 456 g/mol. The molecule has 0 saturated carbocycles. The Kier molecular flexibility index (Phi) is 7.63. The SMILES string of the molecule is CC(NC(N)=NCCCN(Cc1ccc(Br)cc1)c1cccnc1)c1cnc[nH]1. The zero-order chi connectivity index (χ0) is 20.5. The number of rotatable bonds is 9. The zero-order valence-corrected chi connectivity index (χ0v) is 18.0. The van der Waals surface area contributed by atoms with Gasteiger partial charge in [0.15, 0.2) is 5.96 Å². The van der Waals surface area contributed by atoms with Gasteiger partial charge in [-0.15, -0.1) is 0 Å². The van der Waals surface area contributed by atoms with Crippen LogP contribution in [-0.4, -0.2) is 34.0 Å². The van der Waals surface area contributed by atoms with E-state index >= 15 is 0 Å². The Balaban J connectivity index is 1.54. The van der Waals surface area contributed by atoms with Crippen LogP contribution in [0.1, 0.15) is 30.6 Å². The fourth-order valence-electron chi connectivity index (χ4n) is 2.96. The molecule has 2 aromatic heterocycles. The smallest absolute Gasteiger partial charge is 0.189 e. The fourth-order valence-corrected chi connectivity index (χ4v) is 3.22. The van der Waals surface area contributed by atoms with Gasteiger partial charge in [-0.05, 0) is 43.2 Å². The highest BCUT2D eigenvalue weighted by Gasteiger charge is 2.09. The first kappa shape index (κ1) is 20.9. The maximum absolute atomic E-state index is 6.02. The molecule has 0 spiro atoms. The summed E-state index contributed by atoms with van der Waals surface area (Å²) in [5.41, 5.74) is 9.34. The number of hydrogen-bond acceptors (Lipinski definition) is 4. The molecule has 0 amide bonds. The molecular formula is C21H26BrN7. The molecule has 1 atom stereocenters. The van der Waals surface area contributed by atoms with Crippen molar-refractivity contribution in [3.63, 3.8) is 0 Å². The molecule has 0 saturated heterocycles. The van der Waals surface area contributed by atoms with Crippen LogP contribution in [0.15, 0.2) is 70.8 Å². The zero-order valence-electron chi connectivity index (χ0n) is 16.4. The van der Waals surface area contributed by atoms with Gasteiger partial charge in [0.1, 0.15) is 0 Å². The highest BCUT2D eigenvalue weighted by atomic mass is 79.9.